The molecule has 0 aromatic heterocycles. The number of hydrogen-bond acceptors (Lipinski definition) is 2. The molecule has 0 saturated carbocycles. The zero-order chi connectivity index (χ0) is 13.1. The van der Waals surface area contributed by atoms with Crippen LogP contribution in [-0.4, -0.2) is 36.5 Å². The summed E-state index contributed by atoms with van der Waals surface area (Å²) in [6, 6.07) is 0.477. The maximum atomic E-state index is 12.3. The third-order valence-corrected chi connectivity index (χ3v) is 3.54. The van der Waals surface area contributed by atoms with E-state index in [1.807, 2.05) is 20.8 Å². The maximum Gasteiger partial charge on any atom is 0.228 e. The molecule has 2 unspecified atom stereocenters. The molecule has 2 atom stereocenters. The average molecular weight is 240 g/mol. The van der Waals surface area contributed by atoms with E-state index in [1.165, 1.54) is 6.42 Å². The van der Waals surface area contributed by atoms with Gasteiger partial charge in [-0.05, 0) is 18.9 Å². The lowest BCUT2D eigenvalue weighted by Crippen LogP contribution is -2.53. The van der Waals surface area contributed by atoms with Crippen molar-refractivity contribution in [3.63, 3.8) is 0 Å². The first-order valence-electron chi connectivity index (χ1n) is 6.91. The molecule has 1 fully saturated rings. The summed E-state index contributed by atoms with van der Waals surface area (Å²) in [4.78, 5) is 14.4. The first kappa shape index (κ1) is 14.5. The second-order valence-corrected chi connectivity index (χ2v) is 6.22. The van der Waals surface area contributed by atoms with Gasteiger partial charge in [-0.15, -0.1) is 0 Å². The topological polar surface area (TPSA) is 32.3 Å². The van der Waals surface area contributed by atoms with Gasteiger partial charge in [-0.2, -0.15) is 0 Å². The predicted molar refractivity (Wildman–Crippen MR) is 71.9 cm³/mol. The Morgan fingerprint density at radius 1 is 1.29 bits per heavy atom. The van der Waals surface area contributed by atoms with E-state index in [-0.39, 0.29) is 5.41 Å². The van der Waals surface area contributed by atoms with Crippen molar-refractivity contribution >= 4 is 5.91 Å². The fourth-order valence-corrected chi connectivity index (χ4v) is 2.58. The van der Waals surface area contributed by atoms with Crippen LogP contribution in [0.2, 0.25) is 0 Å². The standard InChI is InChI=1S/C14H28N2O/c1-6-11-8-12(15-7-2)10-16(9-11)13(17)14(3,4)5/h11-12,15H,6-10H2,1-5H3. The molecule has 1 aliphatic heterocycles. The van der Waals surface area contributed by atoms with Crippen LogP contribution >= 0.6 is 0 Å². The molecule has 1 N–H and O–H groups in total. The highest BCUT2D eigenvalue weighted by atomic mass is 16.2. The van der Waals surface area contributed by atoms with Gasteiger partial charge in [0.25, 0.3) is 0 Å². The summed E-state index contributed by atoms with van der Waals surface area (Å²) in [5.41, 5.74) is -0.258. The molecule has 0 radical (unpaired) electrons. The largest absolute Gasteiger partial charge is 0.340 e. The van der Waals surface area contributed by atoms with Crippen molar-refractivity contribution in [1.29, 1.82) is 0 Å². The molecular formula is C14H28N2O. The molecule has 1 aliphatic rings. The molecule has 0 bridgehead atoms. The van der Waals surface area contributed by atoms with Gasteiger partial charge in [0.2, 0.25) is 5.91 Å². The number of nitrogens with one attached hydrogen (secondary N) is 1. The Bertz CT molecular complexity index is 257. The second kappa shape index (κ2) is 5.85. The van der Waals surface area contributed by atoms with Crippen LogP contribution in [0.1, 0.15) is 47.5 Å². The molecule has 1 rings (SSSR count). The van der Waals surface area contributed by atoms with Crippen molar-refractivity contribution in [1.82, 2.24) is 10.2 Å². The Hall–Kier alpha value is -0.570. The number of hydrogen-bond donors (Lipinski definition) is 1. The summed E-state index contributed by atoms with van der Waals surface area (Å²) in [6.45, 7) is 13.2. The third-order valence-electron chi connectivity index (χ3n) is 3.54. The first-order valence-corrected chi connectivity index (χ1v) is 6.91. The molecule has 0 aromatic carbocycles. The molecule has 0 aromatic rings. The molecular weight excluding hydrogens is 212 g/mol. The van der Waals surface area contributed by atoms with Gasteiger partial charge in [0.15, 0.2) is 0 Å². The van der Waals surface area contributed by atoms with E-state index in [4.69, 9.17) is 0 Å². The summed E-state index contributed by atoms with van der Waals surface area (Å²) in [7, 11) is 0. The van der Waals surface area contributed by atoms with Crippen molar-refractivity contribution in [3.8, 4) is 0 Å². The molecule has 0 aliphatic carbocycles. The Morgan fingerprint density at radius 3 is 2.41 bits per heavy atom. The number of piperidine rings is 1. The molecule has 1 heterocycles. The lowest BCUT2D eigenvalue weighted by atomic mass is 9.88. The number of nitrogens with zero attached hydrogens (tertiary/aromatic N) is 1. The molecule has 0 spiro atoms. The minimum Gasteiger partial charge on any atom is -0.340 e. The normalized spacial score (nSPS) is 26.1. The first-order chi connectivity index (χ1) is 7.88. The van der Waals surface area contributed by atoms with Crippen molar-refractivity contribution in [2.45, 2.75) is 53.5 Å². The summed E-state index contributed by atoms with van der Waals surface area (Å²) in [6.07, 6.45) is 2.37. The van der Waals surface area contributed by atoms with Gasteiger partial charge in [0.05, 0.1) is 0 Å². The molecule has 3 heteroatoms. The van der Waals surface area contributed by atoms with E-state index in [2.05, 4.69) is 24.1 Å². The molecule has 17 heavy (non-hydrogen) atoms. The van der Waals surface area contributed by atoms with Crippen LogP contribution in [0.5, 0.6) is 0 Å². The number of carbonyl (C=O) groups excluding carboxylic acids is 1. The number of carbonyl (C=O) groups is 1. The minimum atomic E-state index is -0.258. The third kappa shape index (κ3) is 3.98. The van der Waals surface area contributed by atoms with Crippen molar-refractivity contribution in [2.75, 3.05) is 19.6 Å². The fraction of sp³-hybridized carbons (Fsp3) is 0.929. The van der Waals surface area contributed by atoms with Crippen molar-refractivity contribution < 1.29 is 4.79 Å². The summed E-state index contributed by atoms with van der Waals surface area (Å²) >= 11 is 0. The van der Waals surface area contributed by atoms with Crippen LogP contribution in [-0.2, 0) is 4.79 Å². The van der Waals surface area contributed by atoms with E-state index in [9.17, 15) is 4.79 Å². The van der Waals surface area contributed by atoms with E-state index >= 15 is 0 Å². The van der Waals surface area contributed by atoms with Crippen molar-refractivity contribution in [2.24, 2.45) is 11.3 Å². The van der Waals surface area contributed by atoms with E-state index in [0.717, 1.165) is 26.1 Å². The highest BCUT2D eigenvalue weighted by Gasteiger charge is 2.33. The number of rotatable bonds is 3. The zero-order valence-corrected chi connectivity index (χ0v) is 12.0. The van der Waals surface area contributed by atoms with Crippen molar-refractivity contribution in [3.05, 3.63) is 0 Å². The zero-order valence-electron chi connectivity index (χ0n) is 12.0. The van der Waals surface area contributed by atoms with E-state index < -0.39 is 0 Å². The maximum absolute atomic E-state index is 12.3. The second-order valence-electron chi connectivity index (χ2n) is 6.22. The SMILES string of the molecule is CCNC1CC(CC)CN(C(=O)C(C)(C)C)C1. The quantitative estimate of drug-likeness (QED) is 0.821. The van der Waals surface area contributed by atoms with Crippen LogP contribution in [0.15, 0.2) is 0 Å². The smallest absolute Gasteiger partial charge is 0.228 e. The van der Waals surface area contributed by atoms with Gasteiger partial charge >= 0.3 is 0 Å². The van der Waals surface area contributed by atoms with Gasteiger partial charge < -0.3 is 10.2 Å². The van der Waals surface area contributed by atoms with Gasteiger partial charge in [-0.3, -0.25) is 4.79 Å². The van der Waals surface area contributed by atoms with Gasteiger partial charge in [0.1, 0.15) is 0 Å². The van der Waals surface area contributed by atoms with Crippen LogP contribution in [0, 0.1) is 11.3 Å². The lowest BCUT2D eigenvalue weighted by Gasteiger charge is -2.40. The highest BCUT2D eigenvalue weighted by Crippen LogP contribution is 2.25. The molecule has 1 saturated heterocycles. The van der Waals surface area contributed by atoms with E-state index in [0.29, 0.717) is 17.9 Å². The Labute approximate surface area is 106 Å². The van der Waals surface area contributed by atoms with Crippen LogP contribution < -0.4 is 5.32 Å². The highest BCUT2D eigenvalue weighted by molar-refractivity contribution is 5.81. The Morgan fingerprint density at radius 2 is 1.94 bits per heavy atom. The van der Waals surface area contributed by atoms with E-state index in [1.54, 1.807) is 0 Å². The molecule has 3 nitrogen and oxygen atoms in total. The van der Waals surface area contributed by atoms with Crippen LogP contribution in [0.4, 0.5) is 0 Å². The summed E-state index contributed by atoms with van der Waals surface area (Å²) in [5.74, 6) is 0.942. The number of likely N-dealkylation sites (tertiary alicyclic amines) is 1. The molecule has 1 amide bonds. The molecule has 100 valence electrons. The van der Waals surface area contributed by atoms with Gasteiger partial charge in [-0.1, -0.05) is 41.0 Å². The summed E-state index contributed by atoms with van der Waals surface area (Å²) in [5, 5.41) is 3.49. The lowest BCUT2D eigenvalue weighted by molar-refractivity contribution is -0.142. The monoisotopic (exact) mass is 240 g/mol. The van der Waals surface area contributed by atoms with Crippen LogP contribution in [0.3, 0.4) is 0 Å². The Kier molecular flexibility index (Phi) is 4.99. The predicted octanol–water partition coefficient (Wildman–Crippen LogP) is 2.27. The average Bonchev–Trinajstić information content (AvgIpc) is 2.26. The number of likely N-dealkylation sites (N-methyl/N-ethyl adjacent to an activating group) is 1. The van der Waals surface area contributed by atoms with Crippen LogP contribution in [0.25, 0.3) is 0 Å². The Balaban J connectivity index is 2.68. The number of amides is 1. The van der Waals surface area contributed by atoms with Gasteiger partial charge in [-0.25, -0.2) is 0 Å². The fourth-order valence-electron chi connectivity index (χ4n) is 2.58. The summed E-state index contributed by atoms with van der Waals surface area (Å²) < 4.78 is 0. The minimum absolute atomic E-state index is 0.258. The van der Waals surface area contributed by atoms with Gasteiger partial charge in [0, 0.05) is 24.5 Å².